The van der Waals surface area contributed by atoms with Crippen LogP contribution in [0.4, 0.5) is 0 Å². The molecule has 0 spiro atoms. The van der Waals surface area contributed by atoms with E-state index in [2.05, 4.69) is 11.9 Å². The topological polar surface area (TPSA) is 40.6 Å². The van der Waals surface area contributed by atoms with Crippen molar-refractivity contribution in [2.24, 2.45) is 11.8 Å². The van der Waals surface area contributed by atoms with E-state index < -0.39 is 0 Å². The van der Waals surface area contributed by atoms with Crippen molar-refractivity contribution >= 4 is 11.7 Å². The monoisotopic (exact) mass is 344 g/mol. The van der Waals surface area contributed by atoms with Crippen LogP contribution in [0.15, 0.2) is 0 Å². The lowest BCUT2D eigenvalue weighted by Gasteiger charge is -2.41. The van der Waals surface area contributed by atoms with Crippen LogP contribution in [0.3, 0.4) is 0 Å². The molecule has 0 aromatic rings. The van der Waals surface area contributed by atoms with Crippen molar-refractivity contribution in [1.29, 1.82) is 0 Å². The Labute approximate surface area is 152 Å². The molecule has 0 radical (unpaired) electrons. The zero-order chi connectivity index (χ0) is 19.7. The summed E-state index contributed by atoms with van der Waals surface area (Å²) in [5.41, 5.74) is 0. The lowest BCUT2D eigenvalue weighted by Crippen LogP contribution is -2.55. The van der Waals surface area contributed by atoms with Gasteiger partial charge in [-0.15, -0.1) is 0 Å². The van der Waals surface area contributed by atoms with Crippen LogP contribution in [0.25, 0.3) is 0 Å². The molecule has 4 nitrogen and oxygen atoms in total. The third-order valence-electron chi connectivity index (χ3n) is 3.84. The molecule has 0 unspecified atom stereocenters. The van der Waals surface area contributed by atoms with Gasteiger partial charge in [0.25, 0.3) is 0 Å². The van der Waals surface area contributed by atoms with Crippen LogP contribution in [0.2, 0.25) is 0 Å². The molecule has 2 heterocycles. The molecule has 0 atom stereocenters. The normalized spacial score (nSPS) is 17.2. The van der Waals surface area contributed by atoms with E-state index in [0.29, 0.717) is 13.1 Å². The highest BCUT2D eigenvalue weighted by Gasteiger charge is 2.37. The van der Waals surface area contributed by atoms with Gasteiger partial charge in [-0.1, -0.05) is 55.4 Å². The molecular formula is C20H44N2O2. The van der Waals surface area contributed by atoms with E-state index >= 15 is 0 Å². The Balaban J connectivity index is -0.000000484. The van der Waals surface area contributed by atoms with Gasteiger partial charge in [0.1, 0.15) is 5.78 Å². The van der Waals surface area contributed by atoms with Crippen molar-refractivity contribution in [1.82, 2.24) is 9.80 Å². The van der Waals surface area contributed by atoms with Crippen molar-refractivity contribution in [3.8, 4) is 0 Å². The van der Waals surface area contributed by atoms with E-state index in [9.17, 15) is 9.59 Å². The summed E-state index contributed by atoms with van der Waals surface area (Å²) in [4.78, 5) is 27.2. The Morgan fingerprint density at radius 3 is 1.46 bits per heavy atom. The number of piperidine rings is 1. The maximum Gasteiger partial charge on any atom is 0.225 e. The van der Waals surface area contributed by atoms with E-state index in [-0.39, 0.29) is 23.5 Å². The fraction of sp³-hybridized carbons (Fsp3) is 0.900. The van der Waals surface area contributed by atoms with Crippen LogP contribution in [0.1, 0.15) is 75.2 Å². The van der Waals surface area contributed by atoms with Gasteiger partial charge < -0.3 is 9.80 Å². The van der Waals surface area contributed by atoms with E-state index in [1.807, 2.05) is 60.3 Å². The highest BCUT2D eigenvalue weighted by atomic mass is 16.2. The standard InChI is InChI=1S/C12H20N2O2.4C2H6/c1-9(15)11-7-14(8-11)12(16)10-3-5-13(2)6-4-10;4*1-2/h10-11H,3-8H2,1-2H3;4*1-2H3. The molecule has 0 aromatic carbocycles. The molecule has 0 aliphatic carbocycles. The highest BCUT2D eigenvalue weighted by molar-refractivity contribution is 5.85. The first-order valence-corrected chi connectivity index (χ1v) is 10.1. The maximum atomic E-state index is 12.1. The average Bonchev–Trinajstić information content (AvgIpc) is 2.61. The number of carbonyl (C=O) groups excluding carboxylic acids is 2. The van der Waals surface area contributed by atoms with Crippen LogP contribution < -0.4 is 0 Å². The predicted octanol–water partition coefficient (Wildman–Crippen LogP) is 4.48. The van der Waals surface area contributed by atoms with Gasteiger partial charge in [0, 0.05) is 19.0 Å². The van der Waals surface area contributed by atoms with E-state index in [1.54, 1.807) is 6.92 Å². The second-order valence-electron chi connectivity index (χ2n) is 5.13. The SMILES string of the molecule is CC.CC.CC.CC.CC(=O)C1CN(C(=O)C2CCN(C)CC2)C1. The van der Waals surface area contributed by atoms with E-state index in [1.165, 1.54) is 0 Å². The summed E-state index contributed by atoms with van der Waals surface area (Å²) < 4.78 is 0. The number of amides is 1. The van der Waals surface area contributed by atoms with Crippen LogP contribution in [-0.4, -0.2) is 54.7 Å². The fourth-order valence-electron chi connectivity index (χ4n) is 2.43. The Hall–Kier alpha value is -0.900. The molecular weight excluding hydrogens is 300 g/mol. The number of nitrogens with zero attached hydrogens (tertiary/aromatic N) is 2. The smallest absolute Gasteiger partial charge is 0.225 e. The fourth-order valence-corrected chi connectivity index (χ4v) is 2.43. The third kappa shape index (κ3) is 10.1. The van der Waals surface area contributed by atoms with Crippen molar-refractivity contribution in [3.63, 3.8) is 0 Å². The Morgan fingerprint density at radius 2 is 1.12 bits per heavy atom. The second-order valence-corrected chi connectivity index (χ2v) is 5.13. The molecule has 2 aliphatic rings. The largest absolute Gasteiger partial charge is 0.341 e. The number of hydrogen-bond acceptors (Lipinski definition) is 3. The zero-order valence-electron chi connectivity index (χ0n) is 18.1. The molecule has 2 rings (SSSR count). The maximum absolute atomic E-state index is 12.1. The first kappa shape index (κ1) is 27.9. The lowest BCUT2D eigenvalue weighted by atomic mass is 9.90. The number of rotatable bonds is 2. The summed E-state index contributed by atoms with van der Waals surface area (Å²) >= 11 is 0. The summed E-state index contributed by atoms with van der Waals surface area (Å²) in [6.07, 6.45) is 1.94. The molecule has 2 saturated heterocycles. The van der Waals surface area contributed by atoms with Gasteiger partial charge in [0.2, 0.25) is 5.91 Å². The molecule has 0 saturated carbocycles. The first-order valence-electron chi connectivity index (χ1n) is 10.1. The zero-order valence-corrected chi connectivity index (χ0v) is 18.1. The van der Waals surface area contributed by atoms with Crippen LogP contribution >= 0.6 is 0 Å². The number of hydrogen-bond donors (Lipinski definition) is 0. The summed E-state index contributed by atoms with van der Waals surface area (Å²) in [6.45, 7) is 20.9. The van der Waals surface area contributed by atoms with Gasteiger partial charge in [0.05, 0.1) is 5.92 Å². The van der Waals surface area contributed by atoms with Gasteiger partial charge in [0.15, 0.2) is 0 Å². The van der Waals surface area contributed by atoms with Gasteiger partial charge >= 0.3 is 0 Å². The summed E-state index contributed by atoms with van der Waals surface area (Å²) in [6, 6.07) is 0. The minimum Gasteiger partial charge on any atom is -0.341 e. The molecule has 146 valence electrons. The predicted molar refractivity (Wildman–Crippen MR) is 106 cm³/mol. The quantitative estimate of drug-likeness (QED) is 0.741. The first-order chi connectivity index (χ1) is 11.6. The number of Topliss-reactive ketones (excluding diaryl/α,β-unsaturated/α-hetero) is 1. The molecule has 2 fully saturated rings. The summed E-state index contributed by atoms with van der Waals surface area (Å²) in [7, 11) is 2.09. The lowest BCUT2D eigenvalue weighted by molar-refractivity contribution is -0.146. The molecule has 2 aliphatic heterocycles. The third-order valence-corrected chi connectivity index (χ3v) is 3.84. The van der Waals surface area contributed by atoms with E-state index in [4.69, 9.17) is 0 Å². The summed E-state index contributed by atoms with van der Waals surface area (Å²) in [5, 5.41) is 0. The minimum absolute atomic E-state index is 0.107. The van der Waals surface area contributed by atoms with Crippen LogP contribution in [0.5, 0.6) is 0 Å². The van der Waals surface area contributed by atoms with Crippen molar-refractivity contribution < 1.29 is 9.59 Å². The Morgan fingerprint density at radius 1 is 0.750 bits per heavy atom. The molecule has 4 heteroatoms. The van der Waals surface area contributed by atoms with Crippen LogP contribution in [-0.2, 0) is 9.59 Å². The van der Waals surface area contributed by atoms with Crippen molar-refractivity contribution in [2.45, 2.75) is 75.2 Å². The Kier molecular flexibility index (Phi) is 21.5. The molecule has 1 amide bonds. The van der Waals surface area contributed by atoms with Gasteiger partial charge in [-0.2, -0.15) is 0 Å². The van der Waals surface area contributed by atoms with E-state index in [0.717, 1.165) is 25.9 Å². The number of carbonyl (C=O) groups is 2. The van der Waals surface area contributed by atoms with Crippen molar-refractivity contribution in [3.05, 3.63) is 0 Å². The minimum atomic E-state index is 0.107. The second kappa shape index (κ2) is 18.4. The number of ketones is 1. The Bertz CT molecular complexity index is 292. The molecule has 24 heavy (non-hydrogen) atoms. The molecule has 0 aromatic heterocycles. The average molecular weight is 345 g/mol. The van der Waals surface area contributed by atoms with Crippen LogP contribution in [0, 0.1) is 11.8 Å². The molecule has 0 bridgehead atoms. The van der Waals surface area contributed by atoms with Gasteiger partial charge in [-0.3, -0.25) is 9.59 Å². The van der Waals surface area contributed by atoms with Gasteiger partial charge in [-0.25, -0.2) is 0 Å². The summed E-state index contributed by atoms with van der Waals surface area (Å²) in [5.74, 6) is 0.789. The van der Waals surface area contributed by atoms with Crippen molar-refractivity contribution in [2.75, 3.05) is 33.2 Å². The number of likely N-dealkylation sites (tertiary alicyclic amines) is 2. The van der Waals surface area contributed by atoms with Gasteiger partial charge in [-0.05, 0) is 39.9 Å². The molecule has 0 N–H and O–H groups in total. The highest BCUT2D eigenvalue weighted by Crippen LogP contribution is 2.24.